The summed E-state index contributed by atoms with van der Waals surface area (Å²) in [5, 5.41) is 5.09. The van der Waals surface area contributed by atoms with Gasteiger partial charge in [0, 0.05) is 13.2 Å². The van der Waals surface area contributed by atoms with Crippen LogP contribution < -0.4 is 10.1 Å². The fraction of sp³-hybridized carbons (Fsp3) is 0.353. The first-order chi connectivity index (χ1) is 10.1. The Morgan fingerprint density at radius 2 is 1.86 bits per heavy atom. The number of hydrogen-bond acceptors (Lipinski definition) is 3. The second-order valence-electron chi connectivity index (χ2n) is 5.13. The number of carbonyl (C=O) groups is 1. The largest absolute Gasteiger partial charge is 0.481 e. The lowest BCUT2D eigenvalue weighted by molar-refractivity contribution is -0.128. The van der Waals surface area contributed by atoms with E-state index in [1.807, 2.05) is 49.4 Å². The minimum absolute atomic E-state index is 0.0369. The van der Waals surface area contributed by atoms with E-state index in [4.69, 9.17) is 9.47 Å². The molecule has 0 fully saturated rings. The van der Waals surface area contributed by atoms with Crippen LogP contribution in [0.3, 0.4) is 0 Å². The Morgan fingerprint density at radius 1 is 1.14 bits per heavy atom. The third-order valence-electron chi connectivity index (χ3n) is 3.21. The number of carbonyl (C=O) groups excluding carboxylic acids is 1. The van der Waals surface area contributed by atoms with Gasteiger partial charge in [-0.15, -0.1) is 0 Å². The van der Waals surface area contributed by atoms with Crippen LogP contribution in [0.5, 0.6) is 5.75 Å². The van der Waals surface area contributed by atoms with Crippen LogP contribution in [0.4, 0.5) is 0 Å². The second kappa shape index (κ2) is 7.09. The van der Waals surface area contributed by atoms with Crippen molar-refractivity contribution in [2.75, 3.05) is 13.7 Å². The maximum Gasteiger partial charge on any atom is 0.261 e. The van der Waals surface area contributed by atoms with E-state index in [1.165, 1.54) is 0 Å². The monoisotopic (exact) mass is 287 g/mol. The number of ether oxygens (including phenoxy) is 2. The van der Waals surface area contributed by atoms with Crippen LogP contribution >= 0.6 is 0 Å². The zero-order valence-corrected chi connectivity index (χ0v) is 12.6. The van der Waals surface area contributed by atoms with Gasteiger partial charge in [0.15, 0.2) is 6.10 Å². The molecule has 0 aliphatic heterocycles. The van der Waals surface area contributed by atoms with Gasteiger partial charge in [-0.05, 0) is 36.8 Å². The fourth-order valence-electron chi connectivity index (χ4n) is 2.15. The highest BCUT2D eigenvalue weighted by Crippen LogP contribution is 2.21. The van der Waals surface area contributed by atoms with Gasteiger partial charge in [0.2, 0.25) is 0 Å². The molecule has 2 atom stereocenters. The predicted molar refractivity (Wildman–Crippen MR) is 83.5 cm³/mol. The first-order valence-electron chi connectivity index (χ1n) is 7.05. The lowest BCUT2D eigenvalue weighted by Crippen LogP contribution is -2.43. The van der Waals surface area contributed by atoms with Crippen molar-refractivity contribution in [2.45, 2.75) is 26.0 Å². The predicted octanol–water partition coefficient (Wildman–Crippen LogP) is 2.76. The average Bonchev–Trinajstić information content (AvgIpc) is 2.47. The smallest absolute Gasteiger partial charge is 0.261 e. The fourth-order valence-corrected chi connectivity index (χ4v) is 2.15. The van der Waals surface area contributed by atoms with E-state index in [2.05, 4.69) is 5.32 Å². The van der Waals surface area contributed by atoms with E-state index in [0.29, 0.717) is 12.4 Å². The van der Waals surface area contributed by atoms with Crippen molar-refractivity contribution in [3.05, 3.63) is 42.5 Å². The zero-order chi connectivity index (χ0) is 15.2. The number of methoxy groups -OCH3 is 1. The molecule has 0 saturated heterocycles. The van der Waals surface area contributed by atoms with Crippen molar-refractivity contribution >= 4 is 16.7 Å². The highest BCUT2D eigenvalue weighted by Gasteiger charge is 2.16. The normalized spacial score (nSPS) is 13.7. The van der Waals surface area contributed by atoms with Crippen molar-refractivity contribution in [3.8, 4) is 5.75 Å². The van der Waals surface area contributed by atoms with Gasteiger partial charge in [-0.1, -0.05) is 30.3 Å². The number of hydrogen-bond donors (Lipinski definition) is 1. The van der Waals surface area contributed by atoms with E-state index in [-0.39, 0.29) is 11.9 Å². The topological polar surface area (TPSA) is 47.6 Å². The lowest BCUT2D eigenvalue weighted by atomic mass is 10.1. The van der Waals surface area contributed by atoms with E-state index in [1.54, 1.807) is 14.0 Å². The first-order valence-corrected chi connectivity index (χ1v) is 7.05. The summed E-state index contributed by atoms with van der Waals surface area (Å²) in [6, 6.07) is 13.8. The Morgan fingerprint density at radius 3 is 2.57 bits per heavy atom. The molecule has 1 amide bonds. The number of nitrogens with one attached hydrogen (secondary N) is 1. The quantitative estimate of drug-likeness (QED) is 0.888. The van der Waals surface area contributed by atoms with Gasteiger partial charge >= 0.3 is 0 Å². The number of benzene rings is 2. The van der Waals surface area contributed by atoms with Gasteiger partial charge in [-0.3, -0.25) is 4.79 Å². The summed E-state index contributed by atoms with van der Waals surface area (Å²) in [6.45, 7) is 4.11. The van der Waals surface area contributed by atoms with Crippen molar-refractivity contribution < 1.29 is 14.3 Å². The number of rotatable bonds is 6. The van der Waals surface area contributed by atoms with E-state index < -0.39 is 6.10 Å². The molecule has 0 aliphatic carbocycles. The molecule has 2 aromatic carbocycles. The molecular weight excluding hydrogens is 266 g/mol. The first kappa shape index (κ1) is 15.3. The van der Waals surface area contributed by atoms with Crippen molar-refractivity contribution in [2.24, 2.45) is 0 Å². The molecule has 112 valence electrons. The molecule has 4 heteroatoms. The summed E-state index contributed by atoms with van der Waals surface area (Å²) in [6.07, 6.45) is -0.550. The minimum Gasteiger partial charge on any atom is -0.481 e. The Labute approximate surface area is 125 Å². The van der Waals surface area contributed by atoms with Crippen molar-refractivity contribution in [1.82, 2.24) is 5.32 Å². The second-order valence-corrected chi connectivity index (χ2v) is 5.13. The number of amides is 1. The van der Waals surface area contributed by atoms with Crippen molar-refractivity contribution in [3.63, 3.8) is 0 Å². The Balaban J connectivity index is 2.00. The molecule has 0 heterocycles. The molecule has 0 aliphatic rings. The summed E-state index contributed by atoms with van der Waals surface area (Å²) >= 11 is 0. The van der Waals surface area contributed by atoms with Gasteiger partial charge in [0.25, 0.3) is 5.91 Å². The zero-order valence-electron chi connectivity index (χ0n) is 12.6. The van der Waals surface area contributed by atoms with Crippen LogP contribution in [-0.2, 0) is 9.53 Å². The van der Waals surface area contributed by atoms with E-state index >= 15 is 0 Å². The van der Waals surface area contributed by atoms with Crippen molar-refractivity contribution in [1.29, 1.82) is 0 Å². The summed E-state index contributed by atoms with van der Waals surface area (Å²) < 4.78 is 10.7. The van der Waals surface area contributed by atoms with Gasteiger partial charge < -0.3 is 14.8 Å². The van der Waals surface area contributed by atoms with Crippen LogP contribution in [0.25, 0.3) is 10.8 Å². The summed E-state index contributed by atoms with van der Waals surface area (Å²) in [4.78, 5) is 12.0. The maximum absolute atomic E-state index is 12.0. The van der Waals surface area contributed by atoms with Crippen LogP contribution in [0.2, 0.25) is 0 Å². The molecule has 0 radical (unpaired) electrons. The lowest BCUT2D eigenvalue weighted by Gasteiger charge is -2.18. The molecule has 0 aromatic heterocycles. The van der Waals surface area contributed by atoms with E-state index in [9.17, 15) is 4.79 Å². The molecule has 0 bridgehead atoms. The SMILES string of the molecule is COC[C@@H](C)NC(=O)[C@@H](C)Oc1ccc2ccccc2c1. The van der Waals surface area contributed by atoms with E-state index in [0.717, 1.165) is 10.8 Å². The van der Waals surface area contributed by atoms with Crippen LogP contribution in [0, 0.1) is 0 Å². The Hall–Kier alpha value is -2.07. The summed E-state index contributed by atoms with van der Waals surface area (Å²) in [5.74, 6) is 0.545. The molecule has 0 saturated carbocycles. The highest BCUT2D eigenvalue weighted by atomic mass is 16.5. The van der Waals surface area contributed by atoms with Gasteiger partial charge in [0.1, 0.15) is 5.75 Å². The van der Waals surface area contributed by atoms with Gasteiger partial charge in [-0.2, -0.15) is 0 Å². The Kier molecular flexibility index (Phi) is 5.17. The third-order valence-corrected chi connectivity index (χ3v) is 3.21. The third kappa shape index (κ3) is 4.20. The average molecular weight is 287 g/mol. The van der Waals surface area contributed by atoms with Crippen LogP contribution in [0.15, 0.2) is 42.5 Å². The Bertz CT molecular complexity index is 612. The van der Waals surface area contributed by atoms with Gasteiger partial charge in [0.05, 0.1) is 6.61 Å². The molecule has 4 nitrogen and oxygen atoms in total. The molecule has 21 heavy (non-hydrogen) atoms. The molecule has 0 unspecified atom stereocenters. The van der Waals surface area contributed by atoms with Gasteiger partial charge in [-0.25, -0.2) is 0 Å². The minimum atomic E-state index is -0.550. The summed E-state index contributed by atoms with van der Waals surface area (Å²) in [7, 11) is 1.61. The molecule has 1 N–H and O–H groups in total. The molecule has 2 rings (SSSR count). The highest BCUT2D eigenvalue weighted by molar-refractivity contribution is 5.84. The molecule has 2 aromatic rings. The van der Waals surface area contributed by atoms with Crippen LogP contribution in [-0.4, -0.2) is 31.8 Å². The van der Waals surface area contributed by atoms with Crippen LogP contribution in [0.1, 0.15) is 13.8 Å². The number of fused-ring (bicyclic) bond motifs is 1. The maximum atomic E-state index is 12.0. The summed E-state index contributed by atoms with van der Waals surface area (Å²) in [5.41, 5.74) is 0. The standard InChI is InChI=1S/C17H21NO3/c1-12(11-20-3)18-17(19)13(2)21-16-9-8-14-6-4-5-7-15(14)10-16/h4-10,12-13H,11H2,1-3H3,(H,18,19)/t12-,13-/m1/s1. The molecular formula is C17H21NO3. The molecule has 0 spiro atoms.